The second-order valence-electron chi connectivity index (χ2n) is 6.18. The number of hydrogen-bond donors (Lipinski definition) is 1. The summed E-state index contributed by atoms with van der Waals surface area (Å²) in [6, 6.07) is 0. The minimum Gasteiger partial charge on any atom is -0.466 e. The highest BCUT2D eigenvalue weighted by Crippen LogP contribution is 2.09. The minimum absolute atomic E-state index is 0.00412. The molecule has 0 aliphatic heterocycles. The Hall–Kier alpha value is -0.570. The van der Waals surface area contributed by atoms with E-state index in [1.54, 1.807) is 6.92 Å². The number of aliphatic hydroxyl groups is 1. The third-order valence-corrected chi connectivity index (χ3v) is 3.75. The van der Waals surface area contributed by atoms with Crippen LogP contribution in [0.5, 0.6) is 0 Å². The number of carbonyl (C=O) groups excluding carboxylic acids is 1. The van der Waals surface area contributed by atoms with Gasteiger partial charge in [-0.25, -0.2) is 0 Å². The monoisotopic (exact) mass is 330 g/mol. The molecule has 0 rings (SSSR count). The van der Waals surface area contributed by atoms with E-state index >= 15 is 0 Å². The number of aliphatic hydroxyl groups excluding tert-OH is 1. The largest absolute Gasteiger partial charge is 0.466 e. The highest BCUT2D eigenvalue weighted by atomic mass is 16.5. The maximum absolute atomic E-state index is 11.5. The lowest BCUT2D eigenvalue weighted by atomic mass is 10.1. The molecule has 1 N–H and O–H groups in total. The van der Waals surface area contributed by atoms with Gasteiger partial charge in [-0.1, -0.05) is 84.5 Å². The van der Waals surface area contributed by atoms with E-state index in [9.17, 15) is 4.79 Å². The van der Waals surface area contributed by atoms with Gasteiger partial charge < -0.3 is 9.84 Å². The minimum atomic E-state index is 0.00412. The molecule has 0 unspecified atom stereocenters. The molecule has 0 aromatic rings. The van der Waals surface area contributed by atoms with E-state index in [1.807, 2.05) is 0 Å². The summed E-state index contributed by atoms with van der Waals surface area (Å²) in [5.74, 6) is 0.00412. The van der Waals surface area contributed by atoms with E-state index in [-0.39, 0.29) is 12.6 Å². The van der Waals surface area contributed by atoms with Gasteiger partial charge in [0.05, 0.1) is 6.61 Å². The molecular weight excluding hydrogens is 288 g/mol. The van der Waals surface area contributed by atoms with Crippen LogP contribution in [0.25, 0.3) is 0 Å². The van der Waals surface area contributed by atoms with Crippen molar-refractivity contribution >= 4 is 5.97 Å². The van der Waals surface area contributed by atoms with Gasteiger partial charge in [-0.05, 0) is 19.8 Å². The Balaban J connectivity index is 0. The Morgan fingerprint density at radius 1 is 0.696 bits per heavy atom. The molecule has 0 aromatic carbocycles. The second kappa shape index (κ2) is 23.7. The highest BCUT2D eigenvalue weighted by molar-refractivity contribution is 5.69. The molecule has 23 heavy (non-hydrogen) atoms. The average molecular weight is 331 g/mol. The summed E-state index contributed by atoms with van der Waals surface area (Å²) in [4.78, 5) is 11.5. The van der Waals surface area contributed by atoms with Crippen molar-refractivity contribution in [3.8, 4) is 0 Å². The van der Waals surface area contributed by atoms with Crippen LogP contribution >= 0.6 is 0 Å². The van der Waals surface area contributed by atoms with Crippen LogP contribution in [0.3, 0.4) is 0 Å². The molecule has 0 atom stereocenters. The molecule has 0 amide bonds. The lowest BCUT2D eigenvalue weighted by Gasteiger charge is -2.05. The van der Waals surface area contributed by atoms with Crippen molar-refractivity contribution in [2.24, 2.45) is 0 Å². The molecule has 0 aliphatic rings. The fourth-order valence-electron chi connectivity index (χ4n) is 2.37. The van der Waals surface area contributed by atoms with Crippen LogP contribution in [0.15, 0.2) is 0 Å². The van der Waals surface area contributed by atoms with Crippen molar-refractivity contribution in [3.05, 3.63) is 0 Å². The molecule has 0 aliphatic carbocycles. The van der Waals surface area contributed by atoms with Gasteiger partial charge in [-0.15, -0.1) is 0 Å². The molecular formula is C20H42O3. The smallest absolute Gasteiger partial charge is 0.305 e. The van der Waals surface area contributed by atoms with E-state index in [0.717, 1.165) is 12.8 Å². The van der Waals surface area contributed by atoms with Gasteiger partial charge in [0.15, 0.2) is 0 Å². The lowest BCUT2D eigenvalue weighted by Crippen LogP contribution is -2.05. The zero-order valence-corrected chi connectivity index (χ0v) is 16.1. The summed E-state index contributed by atoms with van der Waals surface area (Å²) in [6.45, 7) is 7.01. The van der Waals surface area contributed by atoms with Crippen LogP contribution < -0.4 is 0 Å². The first-order valence-electron chi connectivity index (χ1n) is 9.99. The molecule has 0 fully saturated rings. The van der Waals surface area contributed by atoms with E-state index in [4.69, 9.17) is 9.84 Å². The molecule has 0 aromatic heterocycles. The molecule has 0 heterocycles. The van der Waals surface area contributed by atoms with Gasteiger partial charge in [-0.2, -0.15) is 0 Å². The van der Waals surface area contributed by atoms with Crippen LogP contribution in [-0.2, 0) is 9.53 Å². The highest BCUT2D eigenvalue weighted by Gasteiger charge is 2.02. The van der Waals surface area contributed by atoms with Crippen molar-refractivity contribution in [3.63, 3.8) is 0 Å². The number of unbranched alkanes of at least 4 members (excludes halogenated alkanes) is 11. The molecule has 0 saturated heterocycles. The van der Waals surface area contributed by atoms with Gasteiger partial charge in [0.1, 0.15) is 0 Å². The zero-order chi connectivity index (χ0) is 17.6. The molecule has 3 heteroatoms. The predicted molar refractivity (Wildman–Crippen MR) is 99.7 cm³/mol. The van der Waals surface area contributed by atoms with Gasteiger partial charge >= 0.3 is 5.97 Å². The van der Waals surface area contributed by atoms with Gasteiger partial charge in [-0.3, -0.25) is 4.79 Å². The fourth-order valence-corrected chi connectivity index (χ4v) is 2.37. The van der Waals surface area contributed by atoms with Crippen LogP contribution in [0, 0.1) is 0 Å². The van der Waals surface area contributed by atoms with Gasteiger partial charge in [0, 0.05) is 13.0 Å². The van der Waals surface area contributed by atoms with E-state index in [0.29, 0.717) is 13.0 Å². The Morgan fingerprint density at radius 3 is 1.57 bits per heavy atom. The number of esters is 1. The van der Waals surface area contributed by atoms with E-state index in [1.165, 1.54) is 70.6 Å². The molecule has 0 saturated carbocycles. The number of ether oxygens (including phenoxy) is 1. The van der Waals surface area contributed by atoms with Crippen LogP contribution in [0.1, 0.15) is 111 Å². The third-order valence-electron chi connectivity index (χ3n) is 3.75. The molecule has 0 radical (unpaired) electrons. The molecule has 0 bridgehead atoms. The van der Waals surface area contributed by atoms with Crippen LogP contribution in [0.4, 0.5) is 0 Å². The first-order chi connectivity index (χ1) is 11.2. The summed E-state index contributed by atoms with van der Waals surface area (Å²) < 4.78 is 5.25. The quantitative estimate of drug-likeness (QED) is 0.294. The Labute approximate surface area is 145 Å². The topological polar surface area (TPSA) is 46.5 Å². The summed E-state index contributed by atoms with van der Waals surface area (Å²) in [5, 5.41) is 7.57. The molecule has 3 nitrogen and oxygen atoms in total. The molecule has 140 valence electrons. The maximum Gasteiger partial charge on any atom is 0.305 e. The fraction of sp³-hybridized carbons (Fsp3) is 0.950. The van der Waals surface area contributed by atoms with E-state index < -0.39 is 0 Å². The normalized spacial score (nSPS) is 10.1. The summed E-state index contributed by atoms with van der Waals surface area (Å²) >= 11 is 0. The number of carbonyl (C=O) groups is 1. The Morgan fingerprint density at radius 2 is 1.09 bits per heavy atom. The van der Waals surface area contributed by atoms with Gasteiger partial charge in [0.2, 0.25) is 0 Å². The van der Waals surface area contributed by atoms with Crippen molar-refractivity contribution in [2.75, 3.05) is 13.2 Å². The van der Waals surface area contributed by atoms with Gasteiger partial charge in [0.25, 0.3) is 0 Å². The molecule has 0 spiro atoms. The third kappa shape index (κ3) is 26.6. The maximum atomic E-state index is 11.5. The standard InChI is InChI=1S/C18H36O2.C2H6O/c1-3-5-7-9-10-11-13-15-17-20-18(19)16-14-12-8-6-4-2;1-2-3/h3-17H2,1-2H3;3H,2H2,1H3. The van der Waals surface area contributed by atoms with E-state index in [2.05, 4.69) is 13.8 Å². The number of hydrogen-bond acceptors (Lipinski definition) is 3. The average Bonchev–Trinajstić information content (AvgIpc) is 2.54. The first kappa shape index (κ1) is 24.7. The Bertz CT molecular complexity index is 217. The van der Waals surface area contributed by atoms with Crippen molar-refractivity contribution in [1.82, 2.24) is 0 Å². The summed E-state index contributed by atoms with van der Waals surface area (Å²) in [6.07, 6.45) is 16.9. The predicted octanol–water partition coefficient (Wildman–Crippen LogP) is 6.03. The second-order valence-corrected chi connectivity index (χ2v) is 6.18. The van der Waals surface area contributed by atoms with Crippen molar-refractivity contribution in [1.29, 1.82) is 0 Å². The first-order valence-corrected chi connectivity index (χ1v) is 9.99. The van der Waals surface area contributed by atoms with Crippen molar-refractivity contribution in [2.45, 2.75) is 111 Å². The van der Waals surface area contributed by atoms with Crippen LogP contribution in [0.2, 0.25) is 0 Å². The summed E-state index contributed by atoms with van der Waals surface area (Å²) in [7, 11) is 0. The van der Waals surface area contributed by atoms with Crippen LogP contribution in [-0.4, -0.2) is 24.3 Å². The zero-order valence-electron chi connectivity index (χ0n) is 16.1. The lowest BCUT2D eigenvalue weighted by molar-refractivity contribution is -0.143. The Kier molecular flexibility index (Phi) is 25.4. The van der Waals surface area contributed by atoms with Crippen molar-refractivity contribution < 1.29 is 14.6 Å². The number of rotatable bonds is 15. The summed E-state index contributed by atoms with van der Waals surface area (Å²) in [5.41, 5.74) is 0. The SMILES string of the molecule is CCCCCCCCCCOC(=O)CCCCCCC.CCO.